The van der Waals surface area contributed by atoms with Gasteiger partial charge in [0.2, 0.25) is 11.8 Å². The second-order valence-electron chi connectivity index (χ2n) is 5.70. The van der Waals surface area contributed by atoms with Gasteiger partial charge in [-0.15, -0.1) is 0 Å². The number of nitrogens with one attached hydrogen (secondary N) is 1. The van der Waals surface area contributed by atoms with E-state index >= 15 is 0 Å². The molecule has 1 heterocycles. The van der Waals surface area contributed by atoms with Crippen LogP contribution in [0.15, 0.2) is 59.0 Å². The van der Waals surface area contributed by atoms with Crippen molar-refractivity contribution in [2.45, 2.75) is 20.3 Å². The highest BCUT2D eigenvalue weighted by Crippen LogP contribution is 2.23. The molecule has 1 aromatic heterocycles. The van der Waals surface area contributed by atoms with E-state index < -0.39 is 0 Å². The summed E-state index contributed by atoms with van der Waals surface area (Å²) in [7, 11) is 0. The summed E-state index contributed by atoms with van der Waals surface area (Å²) in [5.74, 6) is 2.07. The predicted octanol–water partition coefficient (Wildman–Crippen LogP) is 4.37. The number of benzene rings is 2. The lowest BCUT2D eigenvalue weighted by Crippen LogP contribution is -2.15. The maximum absolute atomic E-state index is 12.0. The minimum atomic E-state index is -0.0912. The molecule has 128 valence electrons. The monoisotopic (exact) mass is 336 g/mol. The summed E-state index contributed by atoms with van der Waals surface area (Å²) in [6.45, 7) is 4.13. The van der Waals surface area contributed by atoms with Gasteiger partial charge in [0.15, 0.2) is 0 Å². The van der Waals surface area contributed by atoms with Gasteiger partial charge in [-0.25, -0.2) is 4.98 Å². The van der Waals surface area contributed by atoms with Gasteiger partial charge in [-0.2, -0.15) is 0 Å². The number of amides is 1. The predicted molar refractivity (Wildman–Crippen MR) is 96.6 cm³/mol. The first kappa shape index (κ1) is 16.8. The van der Waals surface area contributed by atoms with Crippen molar-refractivity contribution in [3.8, 4) is 17.2 Å². The molecule has 5 heteroatoms. The van der Waals surface area contributed by atoms with Crippen LogP contribution in [0, 0.1) is 13.8 Å². The zero-order valence-electron chi connectivity index (χ0n) is 14.3. The molecule has 0 spiro atoms. The van der Waals surface area contributed by atoms with E-state index in [9.17, 15) is 4.79 Å². The number of anilines is 1. The largest absolute Gasteiger partial charge is 0.493 e. The fourth-order valence-electron chi connectivity index (χ4n) is 2.29. The molecule has 25 heavy (non-hydrogen) atoms. The molecule has 0 aliphatic carbocycles. The third kappa shape index (κ3) is 4.47. The summed E-state index contributed by atoms with van der Waals surface area (Å²) in [4.78, 5) is 16.4. The minimum absolute atomic E-state index is 0.0912. The van der Waals surface area contributed by atoms with E-state index in [4.69, 9.17) is 9.15 Å². The Balaban J connectivity index is 1.51. The van der Waals surface area contributed by atoms with Crippen LogP contribution in [0.4, 0.5) is 5.69 Å². The van der Waals surface area contributed by atoms with Crippen LogP contribution < -0.4 is 10.1 Å². The minimum Gasteiger partial charge on any atom is -0.493 e. The van der Waals surface area contributed by atoms with Crippen molar-refractivity contribution >= 4 is 11.6 Å². The number of aryl methyl sites for hydroxylation is 2. The summed E-state index contributed by atoms with van der Waals surface area (Å²) in [5, 5.41) is 2.85. The van der Waals surface area contributed by atoms with Crippen LogP contribution in [-0.4, -0.2) is 17.5 Å². The molecule has 2 aromatic carbocycles. The molecule has 3 rings (SSSR count). The van der Waals surface area contributed by atoms with E-state index in [-0.39, 0.29) is 12.3 Å². The van der Waals surface area contributed by atoms with Crippen LogP contribution >= 0.6 is 0 Å². The highest BCUT2D eigenvalue weighted by Gasteiger charge is 2.09. The first-order chi connectivity index (χ1) is 12.1. The fourth-order valence-corrected chi connectivity index (χ4v) is 2.29. The van der Waals surface area contributed by atoms with Crippen molar-refractivity contribution in [2.75, 3.05) is 11.9 Å². The number of para-hydroxylation sites is 1. The molecule has 0 aliphatic rings. The Bertz CT molecular complexity index is 820. The number of hydrogen-bond donors (Lipinski definition) is 1. The van der Waals surface area contributed by atoms with Gasteiger partial charge < -0.3 is 14.5 Å². The van der Waals surface area contributed by atoms with Gasteiger partial charge in [0.25, 0.3) is 0 Å². The summed E-state index contributed by atoms with van der Waals surface area (Å²) in [5.41, 5.74) is 2.49. The van der Waals surface area contributed by atoms with Gasteiger partial charge in [-0.05, 0) is 50.2 Å². The normalized spacial score (nSPS) is 10.5. The van der Waals surface area contributed by atoms with Crippen molar-refractivity contribution in [1.82, 2.24) is 4.98 Å². The van der Waals surface area contributed by atoms with Crippen molar-refractivity contribution in [2.24, 2.45) is 0 Å². The van der Waals surface area contributed by atoms with Crippen LogP contribution in [0.3, 0.4) is 0 Å². The topological polar surface area (TPSA) is 64.4 Å². The van der Waals surface area contributed by atoms with Crippen LogP contribution in [-0.2, 0) is 4.79 Å². The zero-order chi connectivity index (χ0) is 17.6. The van der Waals surface area contributed by atoms with Gasteiger partial charge in [-0.3, -0.25) is 4.79 Å². The van der Waals surface area contributed by atoms with Gasteiger partial charge in [0.05, 0.1) is 18.7 Å². The van der Waals surface area contributed by atoms with Crippen molar-refractivity contribution in [3.63, 3.8) is 0 Å². The van der Waals surface area contributed by atoms with Gasteiger partial charge >= 0.3 is 0 Å². The second-order valence-corrected chi connectivity index (χ2v) is 5.70. The van der Waals surface area contributed by atoms with Crippen LogP contribution in [0.5, 0.6) is 5.75 Å². The molecule has 0 radical (unpaired) electrons. The summed E-state index contributed by atoms with van der Waals surface area (Å²) in [6, 6.07) is 16.9. The highest BCUT2D eigenvalue weighted by atomic mass is 16.5. The number of aromatic nitrogens is 1. The molecule has 3 aromatic rings. The molecular weight excluding hydrogens is 316 g/mol. The molecule has 0 atom stereocenters. The molecule has 0 fully saturated rings. The maximum atomic E-state index is 12.0. The van der Waals surface area contributed by atoms with E-state index in [2.05, 4.69) is 10.3 Å². The van der Waals surface area contributed by atoms with E-state index in [0.29, 0.717) is 12.5 Å². The standard InChI is InChI=1S/C20H20N2O3/c1-14-15(2)25-20(21-14)16-8-10-17(11-9-16)22-19(23)12-13-24-18-6-4-3-5-7-18/h3-11H,12-13H2,1-2H3,(H,22,23). The molecule has 0 aliphatic heterocycles. The maximum Gasteiger partial charge on any atom is 0.227 e. The molecular formula is C20H20N2O3. The van der Waals surface area contributed by atoms with Crippen LogP contribution in [0.2, 0.25) is 0 Å². The van der Waals surface area contributed by atoms with E-state index in [1.807, 2.05) is 68.4 Å². The molecule has 0 bridgehead atoms. The Morgan fingerprint density at radius 1 is 1.08 bits per heavy atom. The number of rotatable bonds is 6. The molecule has 0 saturated carbocycles. The zero-order valence-corrected chi connectivity index (χ0v) is 14.3. The van der Waals surface area contributed by atoms with Crippen molar-refractivity contribution in [1.29, 1.82) is 0 Å². The second kappa shape index (κ2) is 7.66. The summed E-state index contributed by atoms with van der Waals surface area (Å²) < 4.78 is 11.1. The van der Waals surface area contributed by atoms with Crippen molar-refractivity contribution < 1.29 is 13.9 Å². The average Bonchev–Trinajstić information content (AvgIpc) is 2.95. The SMILES string of the molecule is Cc1nc(-c2ccc(NC(=O)CCOc3ccccc3)cc2)oc1C. The Kier molecular flexibility index (Phi) is 5.14. The molecule has 1 amide bonds. The Morgan fingerprint density at radius 2 is 1.80 bits per heavy atom. The smallest absolute Gasteiger partial charge is 0.227 e. The molecule has 5 nitrogen and oxygen atoms in total. The molecule has 1 N–H and O–H groups in total. The number of carbonyl (C=O) groups excluding carboxylic acids is 1. The van der Waals surface area contributed by atoms with Crippen LogP contribution in [0.25, 0.3) is 11.5 Å². The Labute approximate surface area is 146 Å². The number of nitrogens with zero attached hydrogens (tertiary/aromatic N) is 1. The summed E-state index contributed by atoms with van der Waals surface area (Å²) >= 11 is 0. The van der Waals surface area contributed by atoms with Gasteiger partial charge in [0.1, 0.15) is 11.5 Å². The third-order valence-corrected chi connectivity index (χ3v) is 3.79. The fraction of sp³-hybridized carbons (Fsp3) is 0.200. The average molecular weight is 336 g/mol. The van der Waals surface area contributed by atoms with Gasteiger partial charge in [-0.1, -0.05) is 18.2 Å². The Hall–Kier alpha value is -3.08. The quantitative estimate of drug-likeness (QED) is 0.726. The van der Waals surface area contributed by atoms with E-state index in [1.54, 1.807) is 0 Å². The number of ether oxygens (including phenoxy) is 1. The third-order valence-electron chi connectivity index (χ3n) is 3.79. The van der Waals surface area contributed by atoms with Gasteiger partial charge in [0, 0.05) is 11.3 Å². The summed E-state index contributed by atoms with van der Waals surface area (Å²) in [6.07, 6.45) is 0.286. The van der Waals surface area contributed by atoms with E-state index in [1.165, 1.54) is 0 Å². The number of oxazole rings is 1. The first-order valence-corrected chi connectivity index (χ1v) is 8.14. The van der Waals surface area contributed by atoms with E-state index in [0.717, 1.165) is 28.5 Å². The number of carbonyl (C=O) groups is 1. The lowest BCUT2D eigenvalue weighted by molar-refractivity contribution is -0.116. The number of hydrogen-bond acceptors (Lipinski definition) is 4. The Morgan fingerprint density at radius 3 is 2.44 bits per heavy atom. The van der Waals surface area contributed by atoms with Crippen molar-refractivity contribution in [3.05, 3.63) is 66.1 Å². The lowest BCUT2D eigenvalue weighted by Gasteiger charge is -2.07. The first-order valence-electron chi connectivity index (χ1n) is 8.14. The van der Waals surface area contributed by atoms with Crippen LogP contribution in [0.1, 0.15) is 17.9 Å². The molecule has 0 saturated heterocycles. The lowest BCUT2D eigenvalue weighted by atomic mass is 10.2. The highest BCUT2D eigenvalue weighted by molar-refractivity contribution is 5.91. The molecule has 0 unspecified atom stereocenters.